The van der Waals surface area contributed by atoms with E-state index in [4.69, 9.17) is 42.0 Å². The van der Waals surface area contributed by atoms with Crippen molar-refractivity contribution in [2.24, 2.45) is 0 Å². The highest BCUT2D eigenvalue weighted by atomic mass is 35.5. The highest BCUT2D eigenvalue weighted by Gasteiger charge is 2.28. The van der Waals surface area contributed by atoms with Crippen molar-refractivity contribution in [2.75, 3.05) is 19.5 Å². The van der Waals surface area contributed by atoms with Crippen molar-refractivity contribution in [1.29, 1.82) is 0 Å². The predicted octanol–water partition coefficient (Wildman–Crippen LogP) is 7.62. The minimum absolute atomic E-state index is 0.104. The van der Waals surface area contributed by atoms with Crippen LogP contribution in [0.15, 0.2) is 52.6 Å². The van der Waals surface area contributed by atoms with E-state index in [0.717, 1.165) is 16.2 Å². The summed E-state index contributed by atoms with van der Waals surface area (Å²) in [5.74, 6) is 0.571. The van der Waals surface area contributed by atoms with Crippen LogP contribution in [0.2, 0.25) is 10.0 Å². The number of carbonyl (C=O) groups is 1. The topological polar surface area (TPSA) is 115 Å². The van der Waals surface area contributed by atoms with Crippen LogP contribution in [-0.4, -0.2) is 40.5 Å². The zero-order valence-corrected chi connectivity index (χ0v) is 24.8. The fourth-order valence-electron chi connectivity index (χ4n) is 3.49. The van der Waals surface area contributed by atoms with Gasteiger partial charge in [0.15, 0.2) is 6.10 Å². The second-order valence-corrected chi connectivity index (χ2v) is 12.4. The maximum absolute atomic E-state index is 12.8. The average molecular weight is 601 g/mol. The number of halogens is 2. The standard InChI is InChI=1S/C25H31Cl2N4O5PS/c1-5-34-37(33,35-6-2)15-29-25(32)36-21(11-17-7-9-28-10-8-17)23-30-22(16(3)4)24(31-23)38-20-13-18(26)12-19(27)14-20/h7-10,12-14,16,21H,5-6,11,15H2,1-4H3,(H,29,32)(H,30,31). The monoisotopic (exact) mass is 600 g/mol. The number of amides is 1. The molecule has 1 amide bonds. The molecule has 0 aliphatic heterocycles. The summed E-state index contributed by atoms with van der Waals surface area (Å²) in [6.07, 6.45) is 1.80. The molecule has 0 saturated heterocycles. The van der Waals surface area contributed by atoms with E-state index < -0.39 is 19.8 Å². The van der Waals surface area contributed by atoms with E-state index >= 15 is 0 Å². The first-order valence-electron chi connectivity index (χ1n) is 12.1. The van der Waals surface area contributed by atoms with Crippen LogP contribution in [0, 0.1) is 0 Å². The van der Waals surface area contributed by atoms with Gasteiger partial charge < -0.3 is 24.1 Å². The molecule has 0 aliphatic carbocycles. The van der Waals surface area contributed by atoms with E-state index in [1.165, 1.54) is 11.8 Å². The molecule has 9 nitrogen and oxygen atoms in total. The van der Waals surface area contributed by atoms with E-state index in [2.05, 4.69) is 15.3 Å². The largest absolute Gasteiger partial charge is 0.438 e. The molecule has 0 radical (unpaired) electrons. The molecular formula is C25H31Cl2N4O5PS. The quantitative estimate of drug-likeness (QED) is 0.192. The van der Waals surface area contributed by atoms with E-state index in [1.54, 1.807) is 32.3 Å². The molecule has 0 fully saturated rings. The molecule has 1 unspecified atom stereocenters. The van der Waals surface area contributed by atoms with Crippen molar-refractivity contribution < 1.29 is 23.1 Å². The van der Waals surface area contributed by atoms with Crippen LogP contribution >= 0.6 is 42.6 Å². The van der Waals surface area contributed by atoms with Crippen molar-refractivity contribution in [3.63, 3.8) is 0 Å². The number of aromatic nitrogens is 3. The molecule has 3 aromatic rings. The molecule has 38 heavy (non-hydrogen) atoms. The number of nitrogens with one attached hydrogen (secondary N) is 2. The van der Waals surface area contributed by atoms with Crippen LogP contribution in [0.1, 0.15) is 56.8 Å². The molecular weight excluding hydrogens is 570 g/mol. The molecule has 0 aliphatic rings. The Hall–Kier alpha value is -2.07. The van der Waals surface area contributed by atoms with Crippen LogP contribution < -0.4 is 5.32 Å². The number of imidazole rings is 1. The number of ether oxygens (including phenoxy) is 1. The van der Waals surface area contributed by atoms with E-state index in [1.807, 2.05) is 38.1 Å². The van der Waals surface area contributed by atoms with Gasteiger partial charge in [-0.15, -0.1) is 0 Å². The first kappa shape index (κ1) is 30.5. The number of pyridine rings is 1. The van der Waals surface area contributed by atoms with Crippen LogP contribution in [-0.2, 0) is 24.8 Å². The first-order chi connectivity index (χ1) is 18.1. The molecule has 2 N–H and O–H groups in total. The summed E-state index contributed by atoms with van der Waals surface area (Å²) in [5, 5.41) is 4.27. The molecule has 2 heterocycles. The number of aromatic amines is 1. The van der Waals surface area contributed by atoms with Crippen LogP contribution in [0.5, 0.6) is 0 Å². The number of H-pyrrole nitrogens is 1. The Morgan fingerprint density at radius 1 is 1.11 bits per heavy atom. The maximum atomic E-state index is 12.8. The number of hydrogen-bond acceptors (Lipinski definition) is 8. The predicted molar refractivity (Wildman–Crippen MR) is 149 cm³/mol. The Morgan fingerprint density at radius 3 is 2.32 bits per heavy atom. The maximum Gasteiger partial charge on any atom is 0.408 e. The lowest BCUT2D eigenvalue weighted by atomic mass is 10.1. The molecule has 0 bridgehead atoms. The lowest BCUT2D eigenvalue weighted by Gasteiger charge is -2.19. The number of benzene rings is 1. The Kier molecular flexibility index (Phi) is 11.5. The summed E-state index contributed by atoms with van der Waals surface area (Å²) in [6.45, 7) is 7.84. The Morgan fingerprint density at radius 2 is 1.74 bits per heavy atom. The number of rotatable bonds is 13. The Balaban J connectivity index is 1.87. The van der Waals surface area contributed by atoms with Gasteiger partial charge in [-0.25, -0.2) is 9.78 Å². The summed E-state index contributed by atoms with van der Waals surface area (Å²) in [5.41, 5.74) is 1.77. The van der Waals surface area contributed by atoms with Crippen molar-refractivity contribution in [3.05, 3.63) is 69.9 Å². The van der Waals surface area contributed by atoms with Gasteiger partial charge in [-0.1, -0.05) is 48.8 Å². The molecule has 1 aromatic carbocycles. The SMILES string of the molecule is CCOP(=O)(CNC(=O)OC(Cc1ccncc1)c1nc(Sc2cc(Cl)cc(Cl)c2)c(C(C)C)[nH]1)OCC. The zero-order valence-electron chi connectivity index (χ0n) is 21.6. The summed E-state index contributed by atoms with van der Waals surface area (Å²) in [6, 6.07) is 8.96. The van der Waals surface area contributed by atoms with Crippen molar-refractivity contribution in [3.8, 4) is 0 Å². The highest BCUT2D eigenvalue weighted by molar-refractivity contribution is 7.99. The molecule has 1 atom stereocenters. The fraction of sp³-hybridized carbons (Fsp3) is 0.400. The van der Waals surface area contributed by atoms with Gasteiger partial charge in [-0.05, 0) is 55.7 Å². The van der Waals surface area contributed by atoms with E-state index in [0.29, 0.717) is 27.3 Å². The van der Waals surface area contributed by atoms with Gasteiger partial charge in [0.25, 0.3) is 0 Å². The van der Waals surface area contributed by atoms with Gasteiger partial charge in [0.2, 0.25) is 0 Å². The van der Waals surface area contributed by atoms with Crippen molar-refractivity contribution >= 4 is 48.7 Å². The van der Waals surface area contributed by atoms with Gasteiger partial charge in [0.1, 0.15) is 17.1 Å². The van der Waals surface area contributed by atoms with Crippen molar-refractivity contribution in [2.45, 2.75) is 56.1 Å². The Bertz CT molecular complexity index is 1230. The Labute approximate surface area is 236 Å². The number of nitrogens with zero attached hydrogens (tertiary/aromatic N) is 2. The summed E-state index contributed by atoms with van der Waals surface area (Å²) >= 11 is 13.8. The van der Waals surface area contributed by atoms with Crippen molar-refractivity contribution in [1.82, 2.24) is 20.3 Å². The molecule has 206 valence electrons. The number of carbonyl (C=O) groups excluding carboxylic acids is 1. The second kappa shape index (κ2) is 14.4. The minimum Gasteiger partial charge on any atom is -0.438 e. The average Bonchev–Trinajstić information content (AvgIpc) is 3.27. The van der Waals surface area contributed by atoms with Crippen LogP contribution in [0.3, 0.4) is 0 Å². The second-order valence-electron chi connectivity index (χ2n) is 8.44. The molecule has 0 saturated carbocycles. The smallest absolute Gasteiger partial charge is 0.408 e. The fourth-order valence-corrected chi connectivity index (χ4v) is 6.65. The lowest BCUT2D eigenvalue weighted by Crippen LogP contribution is -2.29. The molecule has 3 rings (SSSR count). The van der Waals surface area contributed by atoms with E-state index in [9.17, 15) is 9.36 Å². The third kappa shape index (κ3) is 9.00. The van der Waals surface area contributed by atoms with Gasteiger partial charge >= 0.3 is 13.7 Å². The van der Waals surface area contributed by atoms with Crippen LogP contribution in [0.25, 0.3) is 0 Å². The van der Waals surface area contributed by atoms with Gasteiger partial charge in [-0.3, -0.25) is 9.55 Å². The summed E-state index contributed by atoms with van der Waals surface area (Å²) < 4.78 is 29.0. The van der Waals surface area contributed by atoms with Gasteiger partial charge in [0.05, 0.1) is 18.9 Å². The highest BCUT2D eigenvalue weighted by Crippen LogP contribution is 2.46. The zero-order chi connectivity index (χ0) is 27.7. The third-order valence-corrected chi connectivity index (χ3v) is 8.40. The van der Waals surface area contributed by atoms with E-state index in [-0.39, 0.29) is 25.4 Å². The van der Waals surface area contributed by atoms with Crippen LogP contribution in [0.4, 0.5) is 4.79 Å². The van der Waals surface area contributed by atoms with Gasteiger partial charge in [0, 0.05) is 33.8 Å². The molecule has 2 aromatic heterocycles. The first-order valence-corrected chi connectivity index (χ1v) is 15.4. The third-order valence-electron chi connectivity index (χ3n) is 5.14. The summed E-state index contributed by atoms with van der Waals surface area (Å²) in [7, 11) is -3.49. The summed E-state index contributed by atoms with van der Waals surface area (Å²) in [4.78, 5) is 25.8. The number of hydrogen-bond donors (Lipinski definition) is 2. The minimum atomic E-state index is -3.49. The molecule has 13 heteroatoms. The molecule has 0 spiro atoms. The van der Waals surface area contributed by atoms with Gasteiger partial charge in [-0.2, -0.15) is 0 Å². The lowest BCUT2D eigenvalue weighted by molar-refractivity contribution is 0.0931. The normalized spacial score (nSPS) is 12.5. The number of alkyl carbamates (subject to hydrolysis) is 1.